The molecule has 0 aliphatic rings. The van der Waals surface area contributed by atoms with E-state index in [0.29, 0.717) is 5.25 Å². The maximum atomic E-state index is 3.51. The Morgan fingerprint density at radius 3 is 2.65 bits per heavy atom. The number of hydrogen-bond donors (Lipinski definition) is 1. The van der Waals surface area contributed by atoms with E-state index in [1.165, 1.54) is 28.9 Å². The van der Waals surface area contributed by atoms with Gasteiger partial charge >= 0.3 is 0 Å². The molecular weight excluding hydrogens is 226 g/mol. The molecule has 1 aromatic rings. The number of thioether (sulfide) groups is 1. The van der Waals surface area contributed by atoms with Crippen LogP contribution in [0.4, 0.5) is 0 Å². The molecule has 0 amide bonds. The first-order valence-corrected chi connectivity index (χ1v) is 7.46. The molecule has 17 heavy (non-hydrogen) atoms. The van der Waals surface area contributed by atoms with Crippen molar-refractivity contribution in [3.8, 4) is 0 Å². The van der Waals surface area contributed by atoms with Gasteiger partial charge in [-0.1, -0.05) is 26.3 Å². The summed E-state index contributed by atoms with van der Waals surface area (Å²) in [5.74, 6) is 0. The van der Waals surface area contributed by atoms with E-state index in [0.717, 1.165) is 13.1 Å². The zero-order valence-electron chi connectivity index (χ0n) is 11.5. The number of aryl methyl sites for hydroxylation is 2. The van der Waals surface area contributed by atoms with Gasteiger partial charge in [-0.25, -0.2) is 0 Å². The van der Waals surface area contributed by atoms with Crippen molar-refractivity contribution < 1.29 is 0 Å². The minimum atomic E-state index is 0.633. The summed E-state index contributed by atoms with van der Waals surface area (Å²) in [7, 11) is 0. The van der Waals surface area contributed by atoms with E-state index in [2.05, 4.69) is 51.2 Å². The van der Waals surface area contributed by atoms with Gasteiger partial charge in [0.15, 0.2) is 0 Å². The van der Waals surface area contributed by atoms with Crippen molar-refractivity contribution in [2.24, 2.45) is 0 Å². The molecule has 1 N–H and O–H groups in total. The van der Waals surface area contributed by atoms with E-state index in [1.807, 2.05) is 11.8 Å². The Morgan fingerprint density at radius 2 is 2.00 bits per heavy atom. The lowest BCUT2D eigenvalue weighted by Gasteiger charge is -2.13. The van der Waals surface area contributed by atoms with Gasteiger partial charge in [-0.3, -0.25) is 0 Å². The van der Waals surface area contributed by atoms with Crippen molar-refractivity contribution >= 4 is 11.8 Å². The van der Waals surface area contributed by atoms with E-state index >= 15 is 0 Å². The van der Waals surface area contributed by atoms with Crippen molar-refractivity contribution in [3.63, 3.8) is 0 Å². The first kappa shape index (κ1) is 14.6. The van der Waals surface area contributed by atoms with Crippen molar-refractivity contribution in [2.45, 2.75) is 50.7 Å². The van der Waals surface area contributed by atoms with Crippen LogP contribution >= 0.6 is 11.8 Å². The predicted molar refractivity (Wildman–Crippen MR) is 79.0 cm³/mol. The lowest BCUT2D eigenvalue weighted by molar-refractivity contribution is 0.638. The molecule has 1 unspecified atom stereocenters. The Morgan fingerprint density at radius 1 is 1.24 bits per heavy atom. The minimum Gasteiger partial charge on any atom is -0.316 e. The van der Waals surface area contributed by atoms with Crippen LogP contribution in [0.2, 0.25) is 0 Å². The van der Waals surface area contributed by atoms with E-state index in [1.54, 1.807) is 0 Å². The number of rotatable bonds is 7. The van der Waals surface area contributed by atoms with Gasteiger partial charge in [0.2, 0.25) is 0 Å². The average Bonchev–Trinajstić information content (AvgIpc) is 2.30. The summed E-state index contributed by atoms with van der Waals surface area (Å²) in [4.78, 5) is 1.39. The van der Waals surface area contributed by atoms with Crippen LogP contribution in [-0.2, 0) is 0 Å². The highest BCUT2D eigenvalue weighted by Crippen LogP contribution is 2.24. The Hall–Kier alpha value is -0.470. The fourth-order valence-corrected chi connectivity index (χ4v) is 2.73. The quantitative estimate of drug-likeness (QED) is 0.576. The largest absolute Gasteiger partial charge is 0.316 e. The third kappa shape index (κ3) is 5.60. The highest BCUT2D eigenvalue weighted by molar-refractivity contribution is 8.00. The second-order valence-electron chi connectivity index (χ2n) is 4.73. The summed E-state index contributed by atoms with van der Waals surface area (Å²) in [6, 6.07) is 6.74. The minimum absolute atomic E-state index is 0.633. The maximum Gasteiger partial charge on any atom is 0.0191 e. The zero-order chi connectivity index (χ0) is 12.7. The Bertz CT molecular complexity index is 336. The molecule has 0 aliphatic heterocycles. The van der Waals surface area contributed by atoms with Crippen molar-refractivity contribution in [1.29, 1.82) is 0 Å². The first-order chi connectivity index (χ1) is 8.13. The lowest BCUT2D eigenvalue weighted by Crippen LogP contribution is -2.23. The van der Waals surface area contributed by atoms with Crippen LogP contribution in [0.1, 0.15) is 37.8 Å². The molecule has 0 saturated carbocycles. The van der Waals surface area contributed by atoms with Gasteiger partial charge < -0.3 is 5.32 Å². The van der Waals surface area contributed by atoms with Crippen LogP contribution in [0.25, 0.3) is 0 Å². The number of benzene rings is 1. The van der Waals surface area contributed by atoms with Crippen LogP contribution in [0, 0.1) is 13.8 Å². The molecule has 2 heteroatoms. The summed E-state index contributed by atoms with van der Waals surface area (Å²) in [6.07, 6.45) is 2.55. The Kier molecular flexibility index (Phi) is 6.68. The van der Waals surface area contributed by atoms with Crippen LogP contribution in [0.3, 0.4) is 0 Å². The lowest BCUT2D eigenvalue weighted by atomic mass is 10.1. The third-order valence-corrected chi connectivity index (χ3v) is 4.05. The molecule has 0 bridgehead atoms. The average molecular weight is 251 g/mol. The van der Waals surface area contributed by atoms with Gasteiger partial charge in [0.05, 0.1) is 0 Å². The number of unbranched alkanes of at least 4 members (excludes halogenated alkanes) is 1. The molecule has 96 valence electrons. The molecule has 1 aromatic carbocycles. The highest BCUT2D eigenvalue weighted by Gasteiger charge is 2.04. The summed E-state index contributed by atoms with van der Waals surface area (Å²) < 4.78 is 0. The van der Waals surface area contributed by atoms with Gasteiger partial charge in [0.25, 0.3) is 0 Å². The Balaban J connectivity index is 2.34. The summed E-state index contributed by atoms with van der Waals surface area (Å²) in [5, 5.41) is 4.14. The molecule has 0 aromatic heterocycles. The van der Waals surface area contributed by atoms with Crippen LogP contribution < -0.4 is 5.32 Å². The van der Waals surface area contributed by atoms with E-state index in [4.69, 9.17) is 0 Å². The van der Waals surface area contributed by atoms with Gasteiger partial charge in [-0.05, 0) is 50.1 Å². The van der Waals surface area contributed by atoms with Crippen LogP contribution in [0.5, 0.6) is 0 Å². The molecule has 0 saturated heterocycles. The fourth-order valence-electron chi connectivity index (χ4n) is 1.67. The smallest absolute Gasteiger partial charge is 0.0191 e. The van der Waals surface area contributed by atoms with Gasteiger partial charge in [0, 0.05) is 16.7 Å². The standard InChI is InChI=1S/C15H25NS/c1-5-6-9-16-11-14(4)17-15-8-7-12(2)13(3)10-15/h7-8,10,14,16H,5-6,9,11H2,1-4H3. The highest BCUT2D eigenvalue weighted by atomic mass is 32.2. The van der Waals surface area contributed by atoms with Gasteiger partial charge in [-0.15, -0.1) is 11.8 Å². The maximum absolute atomic E-state index is 3.51. The molecule has 0 spiro atoms. The summed E-state index contributed by atoms with van der Waals surface area (Å²) >= 11 is 1.96. The van der Waals surface area contributed by atoms with E-state index < -0.39 is 0 Å². The second kappa shape index (κ2) is 7.78. The summed E-state index contributed by atoms with van der Waals surface area (Å²) in [5.41, 5.74) is 2.77. The van der Waals surface area contributed by atoms with Crippen molar-refractivity contribution in [2.75, 3.05) is 13.1 Å². The Labute approximate surface area is 110 Å². The second-order valence-corrected chi connectivity index (χ2v) is 6.24. The normalized spacial score (nSPS) is 12.7. The molecule has 0 fully saturated rings. The van der Waals surface area contributed by atoms with Crippen LogP contribution in [-0.4, -0.2) is 18.3 Å². The van der Waals surface area contributed by atoms with Gasteiger partial charge in [-0.2, -0.15) is 0 Å². The van der Waals surface area contributed by atoms with Crippen LogP contribution in [0.15, 0.2) is 23.1 Å². The third-order valence-electron chi connectivity index (χ3n) is 2.95. The molecule has 1 nitrogen and oxygen atoms in total. The zero-order valence-corrected chi connectivity index (χ0v) is 12.4. The fraction of sp³-hybridized carbons (Fsp3) is 0.600. The molecule has 1 atom stereocenters. The first-order valence-electron chi connectivity index (χ1n) is 6.58. The number of nitrogens with one attached hydrogen (secondary N) is 1. The SMILES string of the molecule is CCCCNCC(C)Sc1ccc(C)c(C)c1. The molecular formula is C15H25NS. The van der Waals surface area contributed by atoms with E-state index in [9.17, 15) is 0 Å². The number of hydrogen-bond acceptors (Lipinski definition) is 2. The van der Waals surface area contributed by atoms with Gasteiger partial charge in [0.1, 0.15) is 0 Å². The molecule has 0 radical (unpaired) electrons. The van der Waals surface area contributed by atoms with Crippen molar-refractivity contribution in [1.82, 2.24) is 5.32 Å². The summed E-state index contributed by atoms with van der Waals surface area (Å²) in [6.45, 7) is 11.1. The monoisotopic (exact) mass is 251 g/mol. The predicted octanol–water partition coefficient (Wildman–Crippen LogP) is 4.17. The molecule has 0 heterocycles. The topological polar surface area (TPSA) is 12.0 Å². The molecule has 0 aliphatic carbocycles. The van der Waals surface area contributed by atoms with Crippen molar-refractivity contribution in [3.05, 3.63) is 29.3 Å². The molecule has 1 rings (SSSR count). The van der Waals surface area contributed by atoms with E-state index in [-0.39, 0.29) is 0 Å².